The third-order valence-electron chi connectivity index (χ3n) is 3.93. The minimum absolute atomic E-state index is 0.0307. The molecule has 7 heteroatoms. The van der Waals surface area contributed by atoms with Crippen LogP contribution in [0.15, 0.2) is 18.2 Å². The van der Waals surface area contributed by atoms with Gasteiger partial charge in [-0.2, -0.15) is 0 Å². The van der Waals surface area contributed by atoms with E-state index in [1.807, 2.05) is 6.92 Å². The molecule has 0 radical (unpaired) electrons. The second kappa shape index (κ2) is 8.52. The van der Waals surface area contributed by atoms with Gasteiger partial charge in [0.25, 0.3) is 5.91 Å². The molecule has 0 atom stereocenters. The van der Waals surface area contributed by atoms with Crippen molar-refractivity contribution in [2.75, 3.05) is 31.6 Å². The Morgan fingerprint density at radius 3 is 2.57 bits per heavy atom. The molecule has 1 aromatic carbocycles. The Kier molecular flexibility index (Phi) is 6.69. The first-order valence-corrected chi connectivity index (χ1v) is 8.50. The molecule has 126 valence electrons. The SMILES string of the molecule is CCOC(=O)C1CC[NH+](CC(=O)Nc2ccc(Cl)c(Cl)c2)CC1. The number of hydrogen-bond donors (Lipinski definition) is 2. The summed E-state index contributed by atoms with van der Waals surface area (Å²) in [7, 11) is 0. The highest BCUT2D eigenvalue weighted by Gasteiger charge is 2.29. The average molecular weight is 360 g/mol. The Morgan fingerprint density at radius 2 is 1.96 bits per heavy atom. The number of anilines is 1. The Bertz CT molecular complexity index is 572. The first-order valence-electron chi connectivity index (χ1n) is 7.74. The van der Waals surface area contributed by atoms with E-state index in [4.69, 9.17) is 27.9 Å². The maximum Gasteiger partial charge on any atom is 0.309 e. The molecule has 1 heterocycles. The van der Waals surface area contributed by atoms with Crippen molar-refractivity contribution in [3.63, 3.8) is 0 Å². The summed E-state index contributed by atoms with van der Waals surface area (Å²) in [5.74, 6) is -0.225. The van der Waals surface area contributed by atoms with Crippen molar-refractivity contribution in [1.82, 2.24) is 0 Å². The fourth-order valence-electron chi connectivity index (χ4n) is 2.70. The lowest BCUT2D eigenvalue weighted by atomic mass is 9.97. The van der Waals surface area contributed by atoms with Crippen molar-refractivity contribution in [3.8, 4) is 0 Å². The van der Waals surface area contributed by atoms with Crippen LogP contribution in [0.5, 0.6) is 0 Å². The van der Waals surface area contributed by atoms with Gasteiger partial charge in [0.05, 0.1) is 35.7 Å². The summed E-state index contributed by atoms with van der Waals surface area (Å²) in [5, 5.41) is 3.68. The highest BCUT2D eigenvalue weighted by molar-refractivity contribution is 6.42. The number of benzene rings is 1. The number of hydrogen-bond acceptors (Lipinski definition) is 3. The van der Waals surface area contributed by atoms with Crippen LogP contribution in [0.4, 0.5) is 5.69 Å². The Balaban J connectivity index is 1.78. The van der Waals surface area contributed by atoms with Crippen molar-refractivity contribution in [1.29, 1.82) is 0 Å². The number of nitrogens with one attached hydrogen (secondary N) is 2. The predicted octanol–water partition coefficient (Wildman–Crippen LogP) is 1.79. The normalized spacial score (nSPS) is 20.8. The zero-order chi connectivity index (χ0) is 16.8. The molecule has 0 aromatic heterocycles. The smallest absolute Gasteiger partial charge is 0.309 e. The Morgan fingerprint density at radius 1 is 1.26 bits per heavy atom. The molecule has 0 spiro atoms. The van der Waals surface area contributed by atoms with Gasteiger partial charge in [-0.25, -0.2) is 0 Å². The van der Waals surface area contributed by atoms with Crippen LogP contribution in [-0.2, 0) is 14.3 Å². The van der Waals surface area contributed by atoms with Crippen LogP contribution in [0, 0.1) is 5.92 Å². The van der Waals surface area contributed by atoms with Gasteiger partial charge in [-0.3, -0.25) is 9.59 Å². The Labute approximate surface area is 145 Å². The number of halogens is 2. The summed E-state index contributed by atoms with van der Waals surface area (Å²) in [6.45, 7) is 4.18. The molecule has 2 N–H and O–H groups in total. The van der Waals surface area contributed by atoms with Gasteiger partial charge < -0.3 is 15.0 Å². The molecule has 0 aliphatic carbocycles. The number of piperidine rings is 1. The third kappa shape index (κ3) is 5.37. The van der Waals surface area contributed by atoms with Gasteiger partial charge in [-0.05, 0) is 25.1 Å². The molecule has 1 aliphatic heterocycles. The highest BCUT2D eigenvalue weighted by atomic mass is 35.5. The van der Waals surface area contributed by atoms with E-state index in [0.29, 0.717) is 28.9 Å². The van der Waals surface area contributed by atoms with Crippen LogP contribution in [0.2, 0.25) is 10.0 Å². The van der Waals surface area contributed by atoms with Gasteiger partial charge in [-0.15, -0.1) is 0 Å². The first-order chi connectivity index (χ1) is 11.0. The molecule has 0 bridgehead atoms. The number of quaternary nitrogens is 1. The van der Waals surface area contributed by atoms with Gasteiger partial charge in [0.15, 0.2) is 6.54 Å². The quantitative estimate of drug-likeness (QED) is 0.788. The van der Waals surface area contributed by atoms with Crippen molar-refractivity contribution in [2.45, 2.75) is 19.8 Å². The molecular weight excluding hydrogens is 339 g/mol. The molecule has 1 aromatic rings. The molecule has 1 fully saturated rings. The maximum atomic E-state index is 12.1. The number of carbonyl (C=O) groups is 2. The first kappa shape index (κ1) is 18.0. The van der Waals surface area contributed by atoms with E-state index < -0.39 is 0 Å². The van der Waals surface area contributed by atoms with Gasteiger partial charge >= 0.3 is 5.97 Å². The highest BCUT2D eigenvalue weighted by Crippen LogP contribution is 2.24. The van der Waals surface area contributed by atoms with Crippen molar-refractivity contribution in [3.05, 3.63) is 28.2 Å². The molecule has 0 unspecified atom stereocenters. The largest absolute Gasteiger partial charge is 0.466 e. The monoisotopic (exact) mass is 359 g/mol. The maximum absolute atomic E-state index is 12.1. The Hall–Kier alpha value is -1.30. The van der Waals surface area contributed by atoms with Crippen molar-refractivity contribution >= 4 is 40.8 Å². The minimum Gasteiger partial charge on any atom is -0.466 e. The number of likely N-dealkylation sites (tertiary alicyclic amines) is 1. The number of ether oxygens (including phenoxy) is 1. The predicted molar refractivity (Wildman–Crippen MR) is 90.0 cm³/mol. The van der Waals surface area contributed by atoms with Crippen LogP contribution in [-0.4, -0.2) is 38.1 Å². The van der Waals surface area contributed by atoms with Crippen molar-refractivity contribution in [2.24, 2.45) is 5.92 Å². The standard InChI is InChI=1S/C16H20Cl2N2O3/c1-2-23-16(22)11-5-7-20(8-6-11)10-15(21)19-12-3-4-13(17)14(18)9-12/h3-4,9,11H,2,5-8,10H2,1H3,(H,19,21)/p+1. The van der Waals surface area contributed by atoms with E-state index >= 15 is 0 Å². The number of esters is 1. The fourth-order valence-corrected chi connectivity index (χ4v) is 3.00. The molecule has 2 rings (SSSR count). The summed E-state index contributed by atoms with van der Waals surface area (Å²) < 4.78 is 5.05. The van der Waals surface area contributed by atoms with Crippen LogP contribution in [0.3, 0.4) is 0 Å². The van der Waals surface area contributed by atoms with Gasteiger partial charge in [0.1, 0.15) is 0 Å². The zero-order valence-corrected chi connectivity index (χ0v) is 14.5. The molecule has 1 aliphatic rings. The molecule has 1 saturated heterocycles. The molecule has 1 amide bonds. The zero-order valence-electron chi connectivity index (χ0n) is 13.0. The van der Waals surface area contributed by atoms with E-state index in [9.17, 15) is 9.59 Å². The van der Waals surface area contributed by atoms with E-state index in [0.717, 1.165) is 25.9 Å². The van der Waals surface area contributed by atoms with E-state index in [-0.39, 0.29) is 17.8 Å². The third-order valence-corrected chi connectivity index (χ3v) is 4.67. The minimum atomic E-state index is -0.119. The molecule has 0 saturated carbocycles. The van der Waals surface area contributed by atoms with Crippen LogP contribution in [0.25, 0.3) is 0 Å². The van der Waals surface area contributed by atoms with E-state index in [1.165, 1.54) is 4.90 Å². The summed E-state index contributed by atoms with van der Waals surface area (Å²) in [6, 6.07) is 5.00. The number of rotatable bonds is 5. The lowest BCUT2D eigenvalue weighted by Crippen LogP contribution is -3.14. The second-order valence-electron chi connectivity index (χ2n) is 5.63. The second-order valence-corrected chi connectivity index (χ2v) is 6.44. The molecular formula is C16H21Cl2N2O3+. The average Bonchev–Trinajstić information content (AvgIpc) is 2.52. The summed E-state index contributed by atoms with van der Waals surface area (Å²) in [4.78, 5) is 25.0. The number of amides is 1. The van der Waals surface area contributed by atoms with Crippen LogP contribution < -0.4 is 10.2 Å². The summed E-state index contributed by atoms with van der Waals surface area (Å²) in [6.07, 6.45) is 1.52. The molecule has 23 heavy (non-hydrogen) atoms. The fraction of sp³-hybridized carbons (Fsp3) is 0.500. The topological polar surface area (TPSA) is 59.8 Å². The van der Waals surface area contributed by atoms with E-state index in [1.54, 1.807) is 18.2 Å². The lowest BCUT2D eigenvalue weighted by Gasteiger charge is -2.27. The van der Waals surface area contributed by atoms with Crippen molar-refractivity contribution < 1.29 is 19.2 Å². The summed E-state index contributed by atoms with van der Waals surface area (Å²) in [5.41, 5.74) is 0.630. The number of carbonyl (C=O) groups excluding carboxylic acids is 2. The van der Waals surface area contributed by atoms with Crippen LogP contribution in [0.1, 0.15) is 19.8 Å². The molecule has 5 nitrogen and oxygen atoms in total. The van der Waals surface area contributed by atoms with Gasteiger partial charge in [-0.1, -0.05) is 23.2 Å². The van der Waals surface area contributed by atoms with Gasteiger partial charge in [0, 0.05) is 18.5 Å². The lowest BCUT2D eigenvalue weighted by molar-refractivity contribution is -0.897. The van der Waals surface area contributed by atoms with Crippen LogP contribution >= 0.6 is 23.2 Å². The van der Waals surface area contributed by atoms with E-state index in [2.05, 4.69) is 5.32 Å². The summed E-state index contributed by atoms with van der Waals surface area (Å²) >= 11 is 11.8. The van der Waals surface area contributed by atoms with Gasteiger partial charge in [0.2, 0.25) is 0 Å².